The molecule has 0 radical (unpaired) electrons. The van der Waals surface area contributed by atoms with Gasteiger partial charge in [0.1, 0.15) is 0 Å². The highest BCUT2D eigenvalue weighted by atomic mass is 19.2. The molecule has 0 aliphatic heterocycles. The molecule has 5 heteroatoms. The van der Waals surface area contributed by atoms with Crippen molar-refractivity contribution >= 4 is 0 Å². The highest BCUT2D eigenvalue weighted by Gasteiger charge is 2.18. The lowest BCUT2D eigenvalue weighted by molar-refractivity contribution is 0.269. The van der Waals surface area contributed by atoms with Crippen molar-refractivity contribution in [3.63, 3.8) is 0 Å². The summed E-state index contributed by atoms with van der Waals surface area (Å²) in [4.78, 5) is 0. The van der Waals surface area contributed by atoms with Crippen molar-refractivity contribution in [2.75, 3.05) is 7.11 Å². The Kier molecular flexibility index (Phi) is 2.77. The van der Waals surface area contributed by atoms with E-state index in [2.05, 4.69) is 4.74 Å². The quantitative estimate of drug-likeness (QED) is 0.721. The molecule has 0 saturated heterocycles. The van der Waals surface area contributed by atoms with Crippen molar-refractivity contribution in [2.45, 2.75) is 6.61 Å². The fraction of sp³-hybridized carbons (Fsp3) is 0.250. The molecule has 1 N–H and O–H groups in total. The predicted molar refractivity (Wildman–Crippen MR) is 38.8 cm³/mol. The van der Waals surface area contributed by atoms with Crippen LogP contribution >= 0.6 is 0 Å². The van der Waals surface area contributed by atoms with Crippen molar-refractivity contribution in [2.24, 2.45) is 0 Å². The van der Waals surface area contributed by atoms with E-state index in [4.69, 9.17) is 5.11 Å². The zero-order valence-corrected chi connectivity index (χ0v) is 6.77. The summed E-state index contributed by atoms with van der Waals surface area (Å²) < 4.78 is 42.8. The Balaban J connectivity index is 3.37. The first-order chi connectivity index (χ1) is 6.11. The van der Waals surface area contributed by atoms with E-state index in [0.717, 1.165) is 7.11 Å². The fourth-order valence-corrected chi connectivity index (χ4v) is 0.930. The van der Waals surface area contributed by atoms with Gasteiger partial charge in [0, 0.05) is 5.56 Å². The maximum atomic E-state index is 12.9. The lowest BCUT2D eigenvalue weighted by atomic mass is 10.2. The van der Waals surface area contributed by atoms with Crippen LogP contribution in [0.3, 0.4) is 0 Å². The van der Waals surface area contributed by atoms with Crippen LogP contribution in [0, 0.1) is 17.5 Å². The van der Waals surface area contributed by atoms with Crippen LogP contribution in [0.1, 0.15) is 5.56 Å². The van der Waals surface area contributed by atoms with Crippen LogP contribution in [0.5, 0.6) is 5.75 Å². The molecule has 0 saturated carbocycles. The van der Waals surface area contributed by atoms with Gasteiger partial charge in [0.05, 0.1) is 13.7 Å². The predicted octanol–water partition coefficient (Wildman–Crippen LogP) is 1.60. The van der Waals surface area contributed by atoms with E-state index in [0.29, 0.717) is 6.07 Å². The van der Waals surface area contributed by atoms with Crippen LogP contribution in [0.15, 0.2) is 6.07 Å². The van der Waals surface area contributed by atoms with Crippen LogP contribution in [0.25, 0.3) is 0 Å². The van der Waals surface area contributed by atoms with Gasteiger partial charge < -0.3 is 9.84 Å². The minimum absolute atomic E-state index is 0.434. The molecule has 0 fully saturated rings. The Morgan fingerprint density at radius 1 is 1.31 bits per heavy atom. The second kappa shape index (κ2) is 3.66. The van der Waals surface area contributed by atoms with Crippen molar-refractivity contribution < 1.29 is 23.0 Å². The summed E-state index contributed by atoms with van der Waals surface area (Å²) in [6, 6.07) is 0.692. The van der Waals surface area contributed by atoms with Crippen LogP contribution < -0.4 is 4.74 Å². The molecular formula is C8H7F3O2. The number of aliphatic hydroxyl groups excluding tert-OH is 1. The molecule has 72 valence electrons. The van der Waals surface area contributed by atoms with Gasteiger partial charge >= 0.3 is 0 Å². The molecule has 1 rings (SSSR count). The molecule has 0 aliphatic rings. The summed E-state index contributed by atoms with van der Waals surface area (Å²) in [5.74, 6) is -4.53. The molecule has 0 aliphatic carbocycles. The molecule has 0 atom stereocenters. The molecule has 0 heterocycles. The molecule has 0 unspecified atom stereocenters. The van der Waals surface area contributed by atoms with Crippen molar-refractivity contribution in [1.82, 2.24) is 0 Å². The number of benzene rings is 1. The van der Waals surface area contributed by atoms with E-state index in [1.807, 2.05) is 0 Å². The second-order valence-corrected chi connectivity index (χ2v) is 2.34. The summed E-state index contributed by atoms with van der Waals surface area (Å²) in [6.45, 7) is -0.760. The molecule has 0 spiro atoms. The monoisotopic (exact) mass is 192 g/mol. The fourth-order valence-electron chi connectivity index (χ4n) is 0.930. The molecule has 0 aromatic heterocycles. The minimum Gasteiger partial charge on any atom is -0.491 e. The van der Waals surface area contributed by atoms with E-state index in [9.17, 15) is 13.2 Å². The SMILES string of the molecule is COc1c(F)cc(CO)c(F)c1F. The van der Waals surface area contributed by atoms with Gasteiger partial charge in [-0.1, -0.05) is 0 Å². The summed E-state index contributed by atoms with van der Waals surface area (Å²) in [5.41, 5.74) is -0.434. The summed E-state index contributed by atoms with van der Waals surface area (Å²) >= 11 is 0. The average molecular weight is 192 g/mol. The number of aliphatic hydroxyl groups is 1. The number of hydrogen-bond donors (Lipinski definition) is 1. The maximum absolute atomic E-state index is 12.9. The number of rotatable bonds is 2. The summed E-state index contributed by atoms with van der Waals surface area (Å²) in [6.07, 6.45) is 0. The van der Waals surface area contributed by atoms with Crippen LogP contribution in [-0.4, -0.2) is 12.2 Å². The second-order valence-electron chi connectivity index (χ2n) is 2.34. The lowest BCUT2D eigenvalue weighted by Crippen LogP contribution is -2.01. The topological polar surface area (TPSA) is 29.5 Å². The Labute approximate surface area is 72.6 Å². The maximum Gasteiger partial charge on any atom is 0.204 e. The number of halogens is 3. The Bertz CT molecular complexity index is 326. The molecule has 0 bridgehead atoms. The largest absolute Gasteiger partial charge is 0.491 e. The van der Waals surface area contributed by atoms with Gasteiger partial charge in [0.2, 0.25) is 5.82 Å². The number of ether oxygens (including phenoxy) is 1. The summed E-state index contributed by atoms with van der Waals surface area (Å²) in [5, 5.41) is 8.52. The highest BCUT2D eigenvalue weighted by Crippen LogP contribution is 2.26. The third kappa shape index (κ3) is 1.60. The smallest absolute Gasteiger partial charge is 0.204 e. The Hall–Kier alpha value is -1.23. The first-order valence-corrected chi connectivity index (χ1v) is 3.43. The van der Waals surface area contributed by atoms with Gasteiger partial charge in [-0.25, -0.2) is 8.78 Å². The molecule has 13 heavy (non-hydrogen) atoms. The molecule has 0 amide bonds. The third-order valence-corrected chi connectivity index (χ3v) is 1.57. The van der Waals surface area contributed by atoms with Gasteiger partial charge in [0.25, 0.3) is 0 Å². The molecular weight excluding hydrogens is 185 g/mol. The summed E-state index contributed by atoms with van der Waals surface area (Å²) in [7, 11) is 1.03. The van der Waals surface area contributed by atoms with E-state index < -0.39 is 35.4 Å². The first-order valence-electron chi connectivity index (χ1n) is 3.43. The van der Waals surface area contributed by atoms with Crippen molar-refractivity contribution in [3.05, 3.63) is 29.1 Å². The number of methoxy groups -OCH3 is 1. The van der Waals surface area contributed by atoms with E-state index in [-0.39, 0.29) is 0 Å². The van der Waals surface area contributed by atoms with E-state index in [1.165, 1.54) is 0 Å². The van der Waals surface area contributed by atoms with Crippen LogP contribution in [0.4, 0.5) is 13.2 Å². The molecule has 2 nitrogen and oxygen atoms in total. The van der Waals surface area contributed by atoms with Crippen LogP contribution in [-0.2, 0) is 6.61 Å². The Morgan fingerprint density at radius 2 is 1.92 bits per heavy atom. The van der Waals surface area contributed by atoms with E-state index >= 15 is 0 Å². The van der Waals surface area contributed by atoms with E-state index in [1.54, 1.807) is 0 Å². The zero-order chi connectivity index (χ0) is 10.0. The first kappa shape index (κ1) is 9.85. The molecule has 1 aromatic carbocycles. The van der Waals surface area contributed by atoms with Gasteiger partial charge in [-0.15, -0.1) is 0 Å². The normalized spacial score (nSPS) is 10.2. The third-order valence-electron chi connectivity index (χ3n) is 1.57. The van der Waals surface area contributed by atoms with Gasteiger partial charge in [-0.05, 0) is 6.07 Å². The van der Waals surface area contributed by atoms with Crippen molar-refractivity contribution in [1.29, 1.82) is 0 Å². The standard InChI is InChI=1S/C8H7F3O2/c1-13-8-5(9)2-4(3-12)6(10)7(8)11/h2,12H,3H2,1H3. The average Bonchev–Trinajstić information content (AvgIpc) is 2.12. The number of hydrogen-bond acceptors (Lipinski definition) is 2. The van der Waals surface area contributed by atoms with Crippen molar-refractivity contribution in [3.8, 4) is 5.75 Å². The molecule has 1 aromatic rings. The van der Waals surface area contributed by atoms with Gasteiger partial charge in [-0.2, -0.15) is 4.39 Å². The van der Waals surface area contributed by atoms with Gasteiger partial charge in [-0.3, -0.25) is 0 Å². The highest BCUT2D eigenvalue weighted by molar-refractivity contribution is 5.32. The van der Waals surface area contributed by atoms with Gasteiger partial charge in [0.15, 0.2) is 17.4 Å². The van der Waals surface area contributed by atoms with Crippen LogP contribution in [0.2, 0.25) is 0 Å². The Morgan fingerprint density at radius 3 is 2.38 bits per heavy atom. The zero-order valence-electron chi connectivity index (χ0n) is 6.77. The minimum atomic E-state index is -1.42. The lowest BCUT2D eigenvalue weighted by Gasteiger charge is -2.06.